The summed E-state index contributed by atoms with van der Waals surface area (Å²) in [5, 5.41) is 7.44. The Bertz CT molecular complexity index is 272. The summed E-state index contributed by atoms with van der Waals surface area (Å²) >= 11 is 0. The van der Waals surface area contributed by atoms with Crippen LogP contribution in [0.1, 0.15) is 19.7 Å². The van der Waals surface area contributed by atoms with Gasteiger partial charge < -0.3 is 10.1 Å². The van der Waals surface area contributed by atoms with Crippen LogP contribution >= 0.6 is 0 Å². The molecule has 0 aliphatic rings. The van der Waals surface area contributed by atoms with Gasteiger partial charge in [0, 0.05) is 20.2 Å². The highest BCUT2D eigenvalue weighted by Gasteiger charge is 2.04. The molecule has 1 aromatic rings. The van der Waals surface area contributed by atoms with E-state index in [1.54, 1.807) is 13.4 Å². The van der Waals surface area contributed by atoms with Crippen LogP contribution < -0.4 is 5.32 Å². The van der Waals surface area contributed by atoms with Crippen molar-refractivity contribution >= 4 is 0 Å². The van der Waals surface area contributed by atoms with Gasteiger partial charge in [-0.3, -0.25) is 0 Å². The maximum Gasteiger partial charge on any atom is 0.140 e. The predicted molar refractivity (Wildman–Crippen MR) is 58.4 cm³/mol. The molecule has 5 nitrogen and oxygen atoms in total. The van der Waals surface area contributed by atoms with E-state index >= 15 is 0 Å². The molecule has 0 amide bonds. The zero-order chi connectivity index (χ0) is 11.1. The Hall–Kier alpha value is -0.940. The maximum absolute atomic E-state index is 4.95. The van der Waals surface area contributed by atoms with Crippen LogP contribution in [-0.2, 0) is 17.8 Å². The highest BCUT2D eigenvalue weighted by Crippen LogP contribution is 2.00. The Morgan fingerprint density at radius 2 is 2.33 bits per heavy atom. The molecule has 0 fully saturated rings. The van der Waals surface area contributed by atoms with Gasteiger partial charge in [0.15, 0.2) is 0 Å². The molecule has 1 rings (SSSR count). The molecule has 0 aliphatic carbocycles. The molecule has 0 bridgehead atoms. The van der Waals surface area contributed by atoms with Crippen LogP contribution in [0.15, 0.2) is 6.33 Å². The lowest BCUT2D eigenvalue weighted by Crippen LogP contribution is -2.22. The van der Waals surface area contributed by atoms with Crippen molar-refractivity contribution < 1.29 is 4.74 Å². The van der Waals surface area contributed by atoms with E-state index in [2.05, 4.69) is 29.2 Å². The molecule has 0 atom stereocenters. The molecular weight excluding hydrogens is 192 g/mol. The molecule has 0 saturated carbocycles. The second-order valence-electron chi connectivity index (χ2n) is 3.92. The van der Waals surface area contributed by atoms with Gasteiger partial charge in [0.2, 0.25) is 0 Å². The van der Waals surface area contributed by atoms with Gasteiger partial charge in [0.05, 0.1) is 13.2 Å². The van der Waals surface area contributed by atoms with Gasteiger partial charge in [-0.1, -0.05) is 13.8 Å². The third-order valence-corrected chi connectivity index (χ3v) is 2.00. The van der Waals surface area contributed by atoms with E-state index in [0.717, 1.165) is 32.1 Å². The van der Waals surface area contributed by atoms with E-state index in [0.29, 0.717) is 5.92 Å². The summed E-state index contributed by atoms with van der Waals surface area (Å²) < 4.78 is 6.90. The van der Waals surface area contributed by atoms with E-state index in [-0.39, 0.29) is 0 Å². The van der Waals surface area contributed by atoms with Crippen LogP contribution in [0.2, 0.25) is 0 Å². The minimum atomic E-state index is 0.587. The molecule has 5 heteroatoms. The number of hydrogen-bond acceptors (Lipinski definition) is 4. The topological polar surface area (TPSA) is 52.0 Å². The average molecular weight is 212 g/mol. The lowest BCUT2D eigenvalue weighted by Gasteiger charge is -2.08. The van der Waals surface area contributed by atoms with Crippen molar-refractivity contribution in [2.24, 2.45) is 5.92 Å². The zero-order valence-electron chi connectivity index (χ0n) is 9.73. The molecule has 0 radical (unpaired) electrons. The third-order valence-electron chi connectivity index (χ3n) is 2.00. The molecule has 0 spiro atoms. The highest BCUT2D eigenvalue weighted by atomic mass is 16.5. The summed E-state index contributed by atoms with van der Waals surface area (Å²) in [7, 11) is 1.70. The number of methoxy groups -OCH3 is 1. The Balaban J connectivity index is 2.36. The number of hydrogen-bond donors (Lipinski definition) is 1. The van der Waals surface area contributed by atoms with E-state index in [9.17, 15) is 0 Å². The lowest BCUT2D eigenvalue weighted by molar-refractivity contribution is 0.198. The minimum Gasteiger partial charge on any atom is -0.383 e. The average Bonchev–Trinajstić information content (AvgIpc) is 2.59. The van der Waals surface area contributed by atoms with Gasteiger partial charge in [0.1, 0.15) is 12.2 Å². The molecular formula is C10H20N4O. The van der Waals surface area contributed by atoms with Crippen molar-refractivity contribution in [3.8, 4) is 0 Å². The van der Waals surface area contributed by atoms with E-state index < -0.39 is 0 Å². The second kappa shape index (κ2) is 6.53. The zero-order valence-corrected chi connectivity index (χ0v) is 9.73. The summed E-state index contributed by atoms with van der Waals surface area (Å²) in [5.74, 6) is 1.57. The normalized spacial score (nSPS) is 11.2. The Kier molecular flexibility index (Phi) is 5.28. The van der Waals surface area contributed by atoms with Gasteiger partial charge >= 0.3 is 0 Å². The quantitative estimate of drug-likeness (QED) is 0.675. The summed E-state index contributed by atoms with van der Waals surface area (Å²) in [5.41, 5.74) is 0. The number of rotatable bonds is 7. The number of nitrogens with zero attached hydrogens (tertiary/aromatic N) is 3. The second-order valence-corrected chi connectivity index (χ2v) is 3.92. The molecule has 0 aromatic carbocycles. The Morgan fingerprint density at radius 3 is 3.00 bits per heavy atom. The largest absolute Gasteiger partial charge is 0.383 e. The standard InChI is InChI=1S/C10H20N4O/c1-9(2)7-14-10(12-8-13-14)6-11-4-5-15-3/h8-9,11H,4-7H2,1-3H3. The van der Waals surface area contributed by atoms with Crippen molar-refractivity contribution in [2.45, 2.75) is 26.9 Å². The van der Waals surface area contributed by atoms with Crippen molar-refractivity contribution in [2.75, 3.05) is 20.3 Å². The molecule has 86 valence electrons. The van der Waals surface area contributed by atoms with Crippen LogP contribution in [0, 0.1) is 5.92 Å². The molecule has 1 N–H and O–H groups in total. The van der Waals surface area contributed by atoms with Crippen LogP contribution in [0.5, 0.6) is 0 Å². The number of nitrogens with one attached hydrogen (secondary N) is 1. The van der Waals surface area contributed by atoms with E-state index in [1.807, 2.05) is 4.68 Å². The molecule has 0 aliphatic heterocycles. The SMILES string of the molecule is COCCNCc1ncnn1CC(C)C. The van der Waals surface area contributed by atoms with Crippen LogP contribution in [-0.4, -0.2) is 35.0 Å². The van der Waals surface area contributed by atoms with E-state index in [1.165, 1.54) is 0 Å². The van der Waals surface area contributed by atoms with Crippen LogP contribution in [0.25, 0.3) is 0 Å². The molecule has 1 aromatic heterocycles. The Morgan fingerprint density at radius 1 is 1.53 bits per heavy atom. The van der Waals surface area contributed by atoms with Crippen LogP contribution in [0.3, 0.4) is 0 Å². The molecule has 0 unspecified atom stereocenters. The van der Waals surface area contributed by atoms with Gasteiger partial charge in [-0.25, -0.2) is 9.67 Å². The van der Waals surface area contributed by atoms with Crippen LogP contribution in [0.4, 0.5) is 0 Å². The first-order valence-corrected chi connectivity index (χ1v) is 5.30. The molecule has 1 heterocycles. The van der Waals surface area contributed by atoms with Crippen molar-refractivity contribution in [1.82, 2.24) is 20.1 Å². The predicted octanol–water partition coefficient (Wildman–Crippen LogP) is 0.670. The summed E-state index contributed by atoms with van der Waals surface area (Å²) in [6, 6.07) is 0. The Labute approximate surface area is 90.8 Å². The van der Waals surface area contributed by atoms with Crippen molar-refractivity contribution in [1.29, 1.82) is 0 Å². The third kappa shape index (κ3) is 4.40. The maximum atomic E-state index is 4.95. The minimum absolute atomic E-state index is 0.587. The monoisotopic (exact) mass is 212 g/mol. The van der Waals surface area contributed by atoms with Gasteiger partial charge in [-0.2, -0.15) is 5.10 Å². The van der Waals surface area contributed by atoms with Gasteiger partial charge in [0.25, 0.3) is 0 Å². The fourth-order valence-corrected chi connectivity index (χ4v) is 1.30. The summed E-state index contributed by atoms with van der Waals surface area (Å²) in [6.07, 6.45) is 1.61. The highest BCUT2D eigenvalue weighted by molar-refractivity contribution is 4.83. The van der Waals surface area contributed by atoms with Crippen molar-refractivity contribution in [3.05, 3.63) is 12.2 Å². The summed E-state index contributed by atoms with van der Waals surface area (Å²) in [6.45, 7) is 7.56. The van der Waals surface area contributed by atoms with Gasteiger partial charge in [-0.15, -0.1) is 0 Å². The smallest absolute Gasteiger partial charge is 0.140 e. The lowest BCUT2D eigenvalue weighted by atomic mass is 10.2. The number of ether oxygens (including phenoxy) is 1. The molecule has 0 saturated heterocycles. The first-order chi connectivity index (χ1) is 7.24. The fourth-order valence-electron chi connectivity index (χ4n) is 1.30. The molecule has 15 heavy (non-hydrogen) atoms. The number of aromatic nitrogens is 3. The fraction of sp³-hybridized carbons (Fsp3) is 0.800. The summed E-state index contributed by atoms with van der Waals surface area (Å²) in [4.78, 5) is 4.22. The van der Waals surface area contributed by atoms with E-state index in [4.69, 9.17) is 4.74 Å². The first-order valence-electron chi connectivity index (χ1n) is 5.30. The van der Waals surface area contributed by atoms with Crippen molar-refractivity contribution in [3.63, 3.8) is 0 Å². The van der Waals surface area contributed by atoms with Gasteiger partial charge in [-0.05, 0) is 5.92 Å². The first kappa shape index (κ1) is 12.1.